The highest BCUT2D eigenvalue weighted by molar-refractivity contribution is 5.79. The number of hydrogen-bond acceptors (Lipinski definition) is 2. The second-order valence-electron chi connectivity index (χ2n) is 4.06. The summed E-state index contributed by atoms with van der Waals surface area (Å²) in [5, 5.41) is 0. The molecule has 1 aliphatic rings. The van der Waals surface area contributed by atoms with E-state index in [0.717, 1.165) is 19.5 Å². The van der Waals surface area contributed by atoms with E-state index in [4.69, 9.17) is 5.73 Å². The fourth-order valence-electron chi connectivity index (χ4n) is 1.46. The molecule has 0 unspecified atom stereocenters. The molecule has 0 aliphatic carbocycles. The molecule has 3 nitrogen and oxygen atoms in total. The van der Waals surface area contributed by atoms with Gasteiger partial charge in [0.2, 0.25) is 5.91 Å². The van der Waals surface area contributed by atoms with Crippen LogP contribution in [0.2, 0.25) is 0 Å². The van der Waals surface area contributed by atoms with Crippen molar-refractivity contribution in [2.24, 2.45) is 11.7 Å². The van der Waals surface area contributed by atoms with Gasteiger partial charge in [0, 0.05) is 19.0 Å². The Morgan fingerprint density at radius 3 is 2.42 bits per heavy atom. The van der Waals surface area contributed by atoms with Crippen molar-refractivity contribution >= 4 is 5.91 Å². The number of carbonyl (C=O) groups is 1. The molecule has 1 heterocycles. The van der Waals surface area contributed by atoms with Gasteiger partial charge in [0.05, 0.1) is 5.54 Å². The van der Waals surface area contributed by atoms with E-state index in [1.54, 1.807) is 0 Å². The van der Waals surface area contributed by atoms with Crippen molar-refractivity contribution in [2.75, 3.05) is 13.1 Å². The highest BCUT2D eigenvalue weighted by Gasteiger charge is 2.40. The van der Waals surface area contributed by atoms with Crippen LogP contribution >= 0.6 is 0 Å². The minimum Gasteiger partial charge on any atom is -0.339 e. The van der Waals surface area contributed by atoms with Crippen molar-refractivity contribution in [1.82, 2.24) is 4.90 Å². The lowest BCUT2D eigenvalue weighted by Gasteiger charge is -2.48. The van der Waals surface area contributed by atoms with Crippen LogP contribution in [-0.4, -0.2) is 29.4 Å². The van der Waals surface area contributed by atoms with Crippen molar-refractivity contribution in [1.29, 1.82) is 0 Å². The first kappa shape index (κ1) is 9.52. The minimum atomic E-state index is -0.0927. The van der Waals surface area contributed by atoms with Crippen LogP contribution in [0.25, 0.3) is 0 Å². The van der Waals surface area contributed by atoms with Gasteiger partial charge in [-0.25, -0.2) is 0 Å². The summed E-state index contributed by atoms with van der Waals surface area (Å²) in [4.78, 5) is 13.2. The molecule has 12 heavy (non-hydrogen) atoms. The molecule has 0 aromatic rings. The predicted molar refractivity (Wildman–Crippen MR) is 48.6 cm³/mol. The summed E-state index contributed by atoms with van der Waals surface area (Å²) in [6.45, 7) is 7.38. The quantitative estimate of drug-likeness (QED) is 0.659. The number of hydrogen-bond donors (Lipinski definition) is 1. The Balaban J connectivity index is 2.39. The maximum atomic E-state index is 11.4. The minimum absolute atomic E-state index is 0.0927. The van der Waals surface area contributed by atoms with Crippen LogP contribution in [0.5, 0.6) is 0 Å². The zero-order chi connectivity index (χ0) is 9.35. The molecule has 3 heteroatoms. The number of carbonyl (C=O) groups excluding carboxylic acids is 1. The SMILES string of the molecule is CCC1(N)CN(C(=O)C(C)C)C1. The third-order valence-corrected chi connectivity index (χ3v) is 2.52. The van der Waals surface area contributed by atoms with E-state index in [2.05, 4.69) is 6.92 Å². The average Bonchev–Trinajstić information content (AvgIpc) is 1.97. The Morgan fingerprint density at radius 1 is 1.58 bits per heavy atom. The van der Waals surface area contributed by atoms with Crippen LogP contribution in [-0.2, 0) is 4.79 Å². The van der Waals surface area contributed by atoms with Crippen LogP contribution in [0.3, 0.4) is 0 Å². The van der Waals surface area contributed by atoms with Crippen LogP contribution < -0.4 is 5.73 Å². The molecule has 0 radical (unpaired) electrons. The largest absolute Gasteiger partial charge is 0.339 e. The summed E-state index contributed by atoms with van der Waals surface area (Å²) in [6, 6.07) is 0. The molecule has 1 saturated heterocycles. The van der Waals surface area contributed by atoms with Gasteiger partial charge in [-0.15, -0.1) is 0 Å². The van der Waals surface area contributed by atoms with Gasteiger partial charge < -0.3 is 10.6 Å². The van der Waals surface area contributed by atoms with Crippen molar-refractivity contribution in [3.8, 4) is 0 Å². The third kappa shape index (κ3) is 1.61. The lowest BCUT2D eigenvalue weighted by Crippen LogP contribution is -2.68. The monoisotopic (exact) mass is 170 g/mol. The summed E-state index contributed by atoms with van der Waals surface area (Å²) in [6.07, 6.45) is 0.953. The van der Waals surface area contributed by atoms with Crippen molar-refractivity contribution < 1.29 is 4.79 Å². The van der Waals surface area contributed by atoms with Gasteiger partial charge >= 0.3 is 0 Å². The van der Waals surface area contributed by atoms with E-state index < -0.39 is 0 Å². The second-order valence-corrected chi connectivity index (χ2v) is 4.06. The maximum absolute atomic E-state index is 11.4. The molecule has 1 aliphatic heterocycles. The first-order valence-corrected chi connectivity index (χ1v) is 4.56. The van der Waals surface area contributed by atoms with E-state index in [0.29, 0.717) is 0 Å². The normalized spacial score (nSPS) is 20.9. The molecule has 0 aromatic heterocycles. The van der Waals surface area contributed by atoms with E-state index in [-0.39, 0.29) is 17.4 Å². The zero-order valence-corrected chi connectivity index (χ0v) is 8.13. The number of nitrogens with two attached hydrogens (primary N) is 1. The number of rotatable bonds is 2. The Hall–Kier alpha value is -0.570. The van der Waals surface area contributed by atoms with Gasteiger partial charge in [0.1, 0.15) is 0 Å². The summed E-state index contributed by atoms with van der Waals surface area (Å²) in [5.74, 6) is 0.330. The fraction of sp³-hybridized carbons (Fsp3) is 0.889. The van der Waals surface area contributed by atoms with Gasteiger partial charge in [-0.1, -0.05) is 20.8 Å². The van der Waals surface area contributed by atoms with Crippen LogP contribution in [0.15, 0.2) is 0 Å². The molecular weight excluding hydrogens is 152 g/mol. The molecular formula is C9H18N2O. The number of likely N-dealkylation sites (tertiary alicyclic amines) is 1. The van der Waals surface area contributed by atoms with E-state index in [9.17, 15) is 4.79 Å². The molecule has 1 amide bonds. The Morgan fingerprint density at radius 2 is 2.08 bits per heavy atom. The number of nitrogens with zero attached hydrogens (tertiary/aromatic N) is 1. The Kier molecular flexibility index (Phi) is 2.42. The Bertz CT molecular complexity index is 183. The molecule has 1 fully saturated rings. The first-order valence-electron chi connectivity index (χ1n) is 4.56. The first-order chi connectivity index (χ1) is 5.48. The summed E-state index contributed by atoms with van der Waals surface area (Å²) < 4.78 is 0. The van der Waals surface area contributed by atoms with Crippen molar-refractivity contribution in [3.05, 3.63) is 0 Å². The van der Waals surface area contributed by atoms with Crippen LogP contribution in [0.1, 0.15) is 27.2 Å². The van der Waals surface area contributed by atoms with Gasteiger partial charge in [0.15, 0.2) is 0 Å². The van der Waals surface area contributed by atoms with Crippen LogP contribution in [0.4, 0.5) is 0 Å². The van der Waals surface area contributed by atoms with E-state index in [1.165, 1.54) is 0 Å². The molecule has 70 valence electrons. The Labute approximate surface area is 73.9 Å². The van der Waals surface area contributed by atoms with Gasteiger partial charge in [-0.2, -0.15) is 0 Å². The highest BCUT2D eigenvalue weighted by atomic mass is 16.2. The van der Waals surface area contributed by atoms with Gasteiger partial charge in [0.25, 0.3) is 0 Å². The van der Waals surface area contributed by atoms with Crippen LogP contribution in [0, 0.1) is 5.92 Å². The number of amides is 1. The van der Waals surface area contributed by atoms with E-state index in [1.807, 2.05) is 18.7 Å². The van der Waals surface area contributed by atoms with Gasteiger partial charge in [-0.3, -0.25) is 4.79 Å². The van der Waals surface area contributed by atoms with E-state index >= 15 is 0 Å². The highest BCUT2D eigenvalue weighted by Crippen LogP contribution is 2.22. The zero-order valence-electron chi connectivity index (χ0n) is 8.13. The lowest BCUT2D eigenvalue weighted by atomic mass is 9.87. The molecule has 1 rings (SSSR count). The smallest absolute Gasteiger partial charge is 0.225 e. The second kappa shape index (κ2) is 3.05. The lowest BCUT2D eigenvalue weighted by molar-refractivity contribution is -0.142. The maximum Gasteiger partial charge on any atom is 0.225 e. The molecule has 0 saturated carbocycles. The summed E-state index contributed by atoms with van der Waals surface area (Å²) in [5.41, 5.74) is 5.84. The fourth-order valence-corrected chi connectivity index (χ4v) is 1.46. The average molecular weight is 170 g/mol. The van der Waals surface area contributed by atoms with Gasteiger partial charge in [-0.05, 0) is 6.42 Å². The molecule has 0 bridgehead atoms. The summed E-state index contributed by atoms with van der Waals surface area (Å²) >= 11 is 0. The molecule has 0 spiro atoms. The topological polar surface area (TPSA) is 46.3 Å². The predicted octanol–water partition coefficient (Wildman–Crippen LogP) is 0.592. The third-order valence-electron chi connectivity index (χ3n) is 2.52. The summed E-state index contributed by atoms with van der Waals surface area (Å²) in [7, 11) is 0. The molecule has 0 aromatic carbocycles. The van der Waals surface area contributed by atoms with Crippen molar-refractivity contribution in [3.63, 3.8) is 0 Å². The molecule has 0 atom stereocenters. The standard InChI is InChI=1S/C9H18N2O/c1-4-9(10)5-11(6-9)8(12)7(2)3/h7H,4-6,10H2,1-3H3. The van der Waals surface area contributed by atoms with Crippen molar-refractivity contribution in [2.45, 2.75) is 32.7 Å². The molecule has 2 N–H and O–H groups in total.